The van der Waals surface area contributed by atoms with Crippen molar-refractivity contribution in [1.29, 1.82) is 0 Å². The molecule has 2 aromatic heterocycles. The summed E-state index contributed by atoms with van der Waals surface area (Å²) in [6.07, 6.45) is -0.856. The van der Waals surface area contributed by atoms with Crippen LogP contribution in [0.5, 0.6) is 0 Å². The maximum Gasteiger partial charge on any atom is 0.419 e. The normalized spacial score (nSPS) is 19.7. The van der Waals surface area contributed by atoms with Crippen LogP contribution in [0, 0.1) is 5.92 Å². The summed E-state index contributed by atoms with van der Waals surface area (Å²) >= 11 is 6.13. The third-order valence-corrected chi connectivity index (χ3v) is 6.04. The van der Waals surface area contributed by atoms with Crippen molar-refractivity contribution in [3.8, 4) is 11.4 Å². The van der Waals surface area contributed by atoms with Crippen LogP contribution >= 0.6 is 11.6 Å². The van der Waals surface area contributed by atoms with Gasteiger partial charge in [0.05, 0.1) is 23.7 Å². The molecule has 0 unspecified atom stereocenters. The molecule has 13 heteroatoms. The van der Waals surface area contributed by atoms with E-state index in [0.29, 0.717) is 18.0 Å². The first kappa shape index (κ1) is 25.7. The first-order valence-corrected chi connectivity index (χ1v) is 11.2. The van der Waals surface area contributed by atoms with Gasteiger partial charge in [0.2, 0.25) is 5.95 Å². The van der Waals surface area contributed by atoms with Gasteiger partial charge in [0.1, 0.15) is 0 Å². The maximum atomic E-state index is 14.6. The Bertz CT molecular complexity index is 1230. The number of amides is 1. The van der Waals surface area contributed by atoms with E-state index >= 15 is 0 Å². The quantitative estimate of drug-likeness (QED) is 0.460. The fraction of sp³-hybridized carbons (Fsp3) is 0.348. The zero-order valence-corrected chi connectivity index (χ0v) is 19.6. The van der Waals surface area contributed by atoms with Crippen LogP contribution in [0.2, 0.25) is 5.02 Å². The summed E-state index contributed by atoms with van der Waals surface area (Å²) in [4.78, 5) is 30.3. The summed E-state index contributed by atoms with van der Waals surface area (Å²) in [7, 11) is 0. The molecule has 190 valence electrons. The highest BCUT2D eigenvalue weighted by Gasteiger charge is 2.46. The van der Waals surface area contributed by atoms with Crippen LogP contribution < -0.4 is 5.32 Å². The summed E-state index contributed by atoms with van der Waals surface area (Å²) in [6.45, 7) is 0.663. The van der Waals surface area contributed by atoms with Crippen LogP contribution in [-0.4, -0.2) is 55.8 Å². The van der Waals surface area contributed by atoms with Crippen molar-refractivity contribution in [2.24, 2.45) is 5.92 Å². The van der Waals surface area contributed by atoms with E-state index in [-0.39, 0.29) is 28.9 Å². The summed E-state index contributed by atoms with van der Waals surface area (Å²) in [5.41, 5.74) is -0.647. The van der Waals surface area contributed by atoms with Crippen molar-refractivity contribution in [2.75, 3.05) is 18.4 Å². The Morgan fingerprint density at radius 2 is 1.83 bits per heavy atom. The Hall–Kier alpha value is -3.41. The van der Waals surface area contributed by atoms with Gasteiger partial charge < -0.3 is 10.2 Å². The zero-order valence-electron chi connectivity index (χ0n) is 18.8. The molecule has 3 aromatic rings. The predicted octanol–water partition coefficient (Wildman–Crippen LogP) is 5.20. The van der Waals surface area contributed by atoms with Gasteiger partial charge in [-0.1, -0.05) is 18.5 Å². The molecule has 1 saturated heterocycles. The number of likely N-dealkylation sites (tertiary alicyclic amines) is 1. The molecule has 1 N–H and O–H groups in total. The van der Waals surface area contributed by atoms with E-state index < -0.39 is 48.5 Å². The fourth-order valence-corrected chi connectivity index (χ4v) is 4.29. The number of alkyl halides is 5. The Labute approximate surface area is 207 Å². The summed E-state index contributed by atoms with van der Waals surface area (Å²) in [6, 6.07) is 5.31. The van der Waals surface area contributed by atoms with Crippen molar-refractivity contribution in [2.45, 2.75) is 31.5 Å². The molecule has 36 heavy (non-hydrogen) atoms. The second-order valence-electron chi connectivity index (χ2n) is 8.47. The summed E-state index contributed by atoms with van der Waals surface area (Å²) < 4.78 is 67.5. The second-order valence-corrected chi connectivity index (χ2v) is 8.91. The Kier molecular flexibility index (Phi) is 7.07. The molecule has 1 aromatic carbocycles. The third-order valence-electron chi connectivity index (χ3n) is 5.81. The molecule has 7 nitrogen and oxygen atoms in total. The first-order chi connectivity index (χ1) is 16.9. The summed E-state index contributed by atoms with van der Waals surface area (Å²) in [5.74, 6) is -4.40. The smallest absolute Gasteiger partial charge is 0.352 e. The molecule has 1 fully saturated rings. The molecule has 0 bridgehead atoms. The van der Waals surface area contributed by atoms with Crippen molar-refractivity contribution < 1.29 is 26.7 Å². The van der Waals surface area contributed by atoms with Gasteiger partial charge in [0, 0.05) is 48.3 Å². The lowest BCUT2D eigenvalue weighted by molar-refractivity contribution is -0.138. The SMILES string of the molecule is C[C@@H]1CC(F)(F)CN(C(=O)c2cc(Cl)ccc2-c2ncccn2)[C@@H]1CNc1ncc(C(F)(F)F)cn1. The predicted molar refractivity (Wildman–Crippen MR) is 122 cm³/mol. The molecule has 2 atom stereocenters. The van der Waals surface area contributed by atoms with Gasteiger partial charge in [0.25, 0.3) is 11.8 Å². The molecule has 1 aliphatic rings. The zero-order chi connectivity index (χ0) is 26.1. The third kappa shape index (κ3) is 5.69. The fourth-order valence-electron chi connectivity index (χ4n) is 4.12. The number of anilines is 1. The number of hydrogen-bond donors (Lipinski definition) is 1. The molecule has 3 heterocycles. The van der Waals surface area contributed by atoms with Crippen molar-refractivity contribution >= 4 is 23.5 Å². The van der Waals surface area contributed by atoms with Crippen LogP contribution in [0.25, 0.3) is 11.4 Å². The van der Waals surface area contributed by atoms with Gasteiger partial charge in [-0.3, -0.25) is 4.79 Å². The van der Waals surface area contributed by atoms with E-state index in [1.807, 2.05) is 0 Å². The molecule has 1 aliphatic heterocycles. The van der Waals surface area contributed by atoms with Crippen molar-refractivity contribution in [1.82, 2.24) is 24.8 Å². The van der Waals surface area contributed by atoms with Gasteiger partial charge >= 0.3 is 6.18 Å². The topological polar surface area (TPSA) is 83.9 Å². The average Bonchev–Trinajstić information content (AvgIpc) is 2.82. The highest BCUT2D eigenvalue weighted by Crippen LogP contribution is 2.36. The number of benzene rings is 1. The Morgan fingerprint density at radius 3 is 2.47 bits per heavy atom. The van der Waals surface area contributed by atoms with Crippen molar-refractivity contribution in [3.63, 3.8) is 0 Å². The van der Waals surface area contributed by atoms with Crippen LogP contribution in [-0.2, 0) is 6.18 Å². The van der Waals surface area contributed by atoms with E-state index in [0.717, 1.165) is 4.90 Å². The lowest BCUT2D eigenvalue weighted by atomic mass is 9.87. The number of carbonyl (C=O) groups excluding carboxylic acids is 1. The number of halogens is 6. The van der Waals surface area contributed by atoms with Crippen LogP contribution in [0.3, 0.4) is 0 Å². The first-order valence-electron chi connectivity index (χ1n) is 10.8. The number of aromatic nitrogens is 4. The van der Waals surface area contributed by atoms with Gasteiger partial charge in [-0.05, 0) is 30.2 Å². The number of nitrogens with one attached hydrogen (secondary N) is 1. The van der Waals surface area contributed by atoms with E-state index in [4.69, 9.17) is 11.6 Å². The molecule has 0 aliphatic carbocycles. The minimum Gasteiger partial charge on any atom is -0.352 e. The molecule has 1 amide bonds. The van der Waals surface area contributed by atoms with Crippen LogP contribution in [0.1, 0.15) is 29.3 Å². The molecular weight excluding hydrogens is 507 g/mol. The minimum absolute atomic E-state index is 0.0504. The van der Waals surface area contributed by atoms with Gasteiger partial charge in [-0.25, -0.2) is 28.7 Å². The molecule has 0 saturated carbocycles. The molecule has 4 rings (SSSR count). The van der Waals surface area contributed by atoms with Crippen LogP contribution in [0.15, 0.2) is 49.1 Å². The number of carbonyl (C=O) groups is 1. The highest BCUT2D eigenvalue weighted by molar-refractivity contribution is 6.31. The van der Waals surface area contributed by atoms with Gasteiger partial charge in [-0.15, -0.1) is 0 Å². The molecule has 0 radical (unpaired) electrons. The number of rotatable bonds is 5. The lowest BCUT2D eigenvalue weighted by Crippen LogP contribution is -2.57. The van der Waals surface area contributed by atoms with E-state index in [2.05, 4.69) is 25.3 Å². The number of nitrogens with zero attached hydrogens (tertiary/aromatic N) is 5. The second kappa shape index (κ2) is 9.92. The average molecular weight is 527 g/mol. The molecule has 0 spiro atoms. The largest absolute Gasteiger partial charge is 0.419 e. The monoisotopic (exact) mass is 526 g/mol. The Balaban J connectivity index is 1.63. The van der Waals surface area contributed by atoms with Gasteiger partial charge in [-0.2, -0.15) is 13.2 Å². The maximum absolute atomic E-state index is 14.6. The van der Waals surface area contributed by atoms with Crippen molar-refractivity contribution in [3.05, 3.63) is 65.2 Å². The molecular formula is C23H20ClF5N6O. The van der Waals surface area contributed by atoms with E-state index in [9.17, 15) is 26.7 Å². The number of hydrogen-bond acceptors (Lipinski definition) is 6. The summed E-state index contributed by atoms with van der Waals surface area (Å²) in [5, 5.41) is 2.99. The van der Waals surface area contributed by atoms with Crippen LogP contribution in [0.4, 0.5) is 27.9 Å². The standard InChI is InChI=1S/C23H20ClF5N6O/c1-13-8-22(25,26)12-35(18(13)11-34-21-32-9-14(10-33-21)23(27,28)29)20(36)17-7-15(24)3-4-16(17)19-30-5-2-6-31-19/h2-7,9-10,13,18H,8,11-12H2,1H3,(H,32,33,34)/t13-,18-/m1/s1. The number of piperidine rings is 1. The minimum atomic E-state index is -4.59. The van der Waals surface area contributed by atoms with Gasteiger partial charge in [0.15, 0.2) is 5.82 Å². The Morgan fingerprint density at radius 1 is 1.17 bits per heavy atom. The highest BCUT2D eigenvalue weighted by atomic mass is 35.5. The van der Waals surface area contributed by atoms with E-state index in [1.54, 1.807) is 25.1 Å². The van der Waals surface area contributed by atoms with E-state index in [1.165, 1.54) is 18.5 Å². The lowest BCUT2D eigenvalue weighted by Gasteiger charge is -2.43.